The zero-order valence-corrected chi connectivity index (χ0v) is 16.1. The molecule has 2 heterocycles. The third-order valence-corrected chi connectivity index (χ3v) is 6.06. The molecule has 11 heteroatoms. The fourth-order valence-corrected chi connectivity index (χ4v) is 4.37. The zero-order valence-electron chi connectivity index (χ0n) is 14.4. The van der Waals surface area contributed by atoms with Gasteiger partial charge in [0.2, 0.25) is 0 Å². The second kappa shape index (κ2) is 7.08. The van der Waals surface area contributed by atoms with E-state index in [0.29, 0.717) is 5.69 Å². The van der Waals surface area contributed by atoms with Gasteiger partial charge in [0.1, 0.15) is 5.75 Å². The molecule has 0 aliphatic heterocycles. The number of fused-ring (bicyclic) bond motifs is 1. The normalized spacial score (nSPS) is 12.2. The number of nitrogens with zero attached hydrogens (tertiary/aromatic N) is 2. The first-order chi connectivity index (χ1) is 13.7. The summed E-state index contributed by atoms with van der Waals surface area (Å²) in [7, 11) is -3.97. The highest BCUT2D eigenvalue weighted by molar-refractivity contribution is 7.92. The first kappa shape index (κ1) is 19.3. The predicted molar refractivity (Wildman–Crippen MR) is 102 cm³/mol. The van der Waals surface area contributed by atoms with Gasteiger partial charge in [-0.2, -0.15) is 0 Å². The van der Waals surface area contributed by atoms with Crippen molar-refractivity contribution in [3.8, 4) is 17.0 Å². The van der Waals surface area contributed by atoms with Crippen LogP contribution in [0.15, 0.2) is 71.2 Å². The summed E-state index contributed by atoms with van der Waals surface area (Å²) in [4.78, 5) is 5.14. The summed E-state index contributed by atoms with van der Waals surface area (Å²) >= 11 is 1.50. The van der Waals surface area contributed by atoms with Crippen LogP contribution in [0.1, 0.15) is 0 Å². The van der Waals surface area contributed by atoms with E-state index in [-0.39, 0.29) is 4.90 Å². The van der Waals surface area contributed by atoms with Crippen molar-refractivity contribution >= 4 is 32.0 Å². The second-order valence-electron chi connectivity index (χ2n) is 5.92. The molecule has 0 aliphatic rings. The lowest BCUT2D eigenvalue weighted by molar-refractivity contribution is -0.274. The average molecular weight is 439 g/mol. The van der Waals surface area contributed by atoms with Gasteiger partial charge in [-0.15, -0.1) is 24.5 Å². The number of benzene rings is 2. The number of nitrogens with one attached hydrogen (secondary N) is 1. The Hall–Kier alpha value is -3.05. The van der Waals surface area contributed by atoms with Gasteiger partial charge in [-0.25, -0.2) is 13.4 Å². The van der Waals surface area contributed by atoms with Crippen molar-refractivity contribution in [1.29, 1.82) is 0 Å². The van der Waals surface area contributed by atoms with Crippen molar-refractivity contribution < 1.29 is 26.3 Å². The molecule has 0 aliphatic carbocycles. The van der Waals surface area contributed by atoms with Crippen LogP contribution in [-0.4, -0.2) is 24.2 Å². The van der Waals surface area contributed by atoms with Gasteiger partial charge in [0.15, 0.2) is 4.96 Å². The lowest BCUT2D eigenvalue weighted by Gasteiger charge is -2.11. The van der Waals surface area contributed by atoms with E-state index in [0.717, 1.165) is 40.5 Å². The molecule has 0 fully saturated rings. The number of anilines is 1. The topological polar surface area (TPSA) is 72.7 Å². The Bertz CT molecular complexity index is 1220. The van der Waals surface area contributed by atoms with Crippen LogP contribution in [0.5, 0.6) is 5.75 Å². The van der Waals surface area contributed by atoms with Crippen LogP contribution in [0.3, 0.4) is 0 Å². The standard InChI is InChI=1S/C18H12F3N3O3S2/c19-18(20,21)27-14-5-7-15(8-6-14)29(25,26)23-13-3-1-12(2-4-13)16-11-24-9-10-28-17(24)22-16/h1-11,23H. The second-order valence-corrected chi connectivity index (χ2v) is 8.48. The number of sulfonamides is 1. The molecule has 0 saturated carbocycles. The summed E-state index contributed by atoms with van der Waals surface area (Å²) in [6.07, 6.45) is -1.08. The number of ether oxygens (including phenoxy) is 1. The molecule has 0 bridgehead atoms. The van der Waals surface area contributed by atoms with Crippen molar-refractivity contribution in [2.75, 3.05) is 4.72 Å². The number of alkyl halides is 3. The minimum Gasteiger partial charge on any atom is -0.406 e. The van der Waals surface area contributed by atoms with Crippen LogP contribution >= 0.6 is 11.3 Å². The molecule has 0 atom stereocenters. The van der Waals surface area contributed by atoms with Crippen LogP contribution < -0.4 is 9.46 Å². The van der Waals surface area contributed by atoms with E-state index in [9.17, 15) is 21.6 Å². The number of thiazole rings is 1. The van der Waals surface area contributed by atoms with E-state index in [1.165, 1.54) is 11.3 Å². The van der Waals surface area contributed by atoms with E-state index in [4.69, 9.17) is 0 Å². The van der Waals surface area contributed by atoms with Gasteiger partial charge < -0.3 is 4.74 Å². The zero-order chi connectivity index (χ0) is 20.6. The van der Waals surface area contributed by atoms with Crippen molar-refractivity contribution in [1.82, 2.24) is 9.38 Å². The van der Waals surface area contributed by atoms with E-state index in [2.05, 4.69) is 14.4 Å². The third-order valence-electron chi connectivity index (χ3n) is 3.89. The summed E-state index contributed by atoms with van der Waals surface area (Å²) in [5.41, 5.74) is 1.88. The molecule has 2 aromatic carbocycles. The smallest absolute Gasteiger partial charge is 0.406 e. The molecule has 0 saturated heterocycles. The Labute approximate surface area is 167 Å². The average Bonchev–Trinajstić information content (AvgIpc) is 3.23. The van der Waals surface area contributed by atoms with Gasteiger partial charge in [0.25, 0.3) is 10.0 Å². The van der Waals surface area contributed by atoms with Crippen LogP contribution in [0.25, 0.3) is 16.2 Å². The van der Waals surface area contributed by atoms with Crippen molar-refractivity contribution in [3.63, 3.8) is 0 Å². The van der Waals surface area contributed by atoms with E-state index in [1.807, 2.05) is 22.2 Å². The molecular formula is C18H12F3N3O3S2. The molecule has 4 aromatic rings. The molecule has 6 nitrogen and oxygen atoms in total. The fourth-order valence-electron chi connectivity index (χ4n) is 2.61. The van der Waals surface area contributed by atoms with Crippen LogP contribution in [0.4, 0.5) is 18.9 Å². The fraction of sp³-hybridized carbons (Fsp3) is 0.0556. The molecule has 0 radical (unpaired) electrons. The SMILES string of the molecule is O=S(=O)(Nc1ccc(-c2cn3ccsc3n2)cc1)c1ccc(OC(F)(F)F)cc1. The van der Waals surface area contributed by atoms with E-state index < -0.39 is 22.1 Å². The summed E-state index contributed by atoms with van der Waals surface area (Å²) in [6, 6.07) is 10.6. The highest BCUT2D eigenvalue weighted by Crippen LogP contribution is 2.26. The molecule has 0 amide bonds. The maximum Gasteiger partial charge on any atom is 0.573 e. The molecule has 0 spiro atoms. The summed E-state index contributed by atoms with van der Waals surface area (Å²) in [5.74, 6) is -0.499. The molecule has 1 N–H and O–H groups in total. The molecular weight excluding hydrogens is 427 g/mol. The first-order valence-corrected chi connectivity index (χ1v) is 10.5. The Morgan fingerprint density at radius 2 is 1.72 bits per heavy atom. The van der Waals surface area contributed by atoms with Gasteiger partial charge in [-0.05, 0) is 36.4 Å². The molecule has 2 aromatic heterocycles. The van der Waals surface area contributed by atoms with Crippen LogP contribution in [0, 0.1) is 0 Å². The first-order valence-electron chi connectivity index (χ1n) is 8.11. The molecule has 4 rings (SSSR count). The number of hydrogen-bond donors (Lipinski definition) is 1. The Morgan fingerprint density at radius 3 is 2.34 bits per heavy atom. The lowest BCUT2D eigenvalue weighted by Crippen LogP contribution is -2.17. The van der Waals surface area contributed by atoms with Gasteiger partial charge in [0.05, 0.1) is 10.6 Å². The van der Waals surface area contributed by atoms with Crippen LogP contribution in [0.2, 0.25) is 0 Å². The highest BCUT2D eigenvalue weighted by Gasteiger charge is 2.31. The minimum absolute atomic E-state index is 0.189. The highest BCUT2D eigenvalue weighted by atomic mass is 32.2. The maximum absolute atomic E-state index is 12.4. The Balaban J connectivity index is 1.49. The van der Waals surface area contributed by atoms with E-state index in [1.54, 1.807) is 24.3 Å². The lowest BCUT2D eigenvalue weighted by atomic mass is 10.1. The summed E-state index contributed by atoms with van der Waals surface area (Å²) in [6.45, 7) is 0. The monoisotopic (exact) mass is 439 g/mol. The van der Waals surface area contributed by atoms with Gasteiger partial charge in [-0.3, -0.25) is 9.12 Å². The van der Waals surface area contributed by atoms with E-state index >= 15 is 0 Å². The van der Waals surface area contributed by atoms with Gasteiger partial charge >= 0.3 is 6.36 Å². The number of halogens is 3. The molecule has 29 heavy (non-hydrogen) atoms. The maximum atomic E-state index is 12.4. The summed E-state index contributed by atoms with van der Waals surface area (Å²) < 4.78 is 69.5. The largest absolute Gasteiger partial charge is 0.573 e. The van der Waals surface area contributed by atoms with Crippen molar-refractivity contribution in [3.05, 3.63) is 66.3 Å². The van der Waals surface area contributed by atoms with Crippen molar-refractivity contribution in [2.45, 2.75) is 11.3 Å². The molecule has 150 valence electrons. The quantitative estimate of drug-likeness (QED) is 0.487. The van der Waals surface area contributed by atoms with Crippen molar-refractivity contribution in [2.24, 2.45) is 0 Å². The number of aromatic nitrogens is 2. The van der Waals surface area contributed by atoms with Gasteiger partial charge in [-0.1, -0.05) is 12.1 Å². The minimum atomic E-state index is -4.84. The van der Waals surface area contributed by atoms with Crippen LogP contribution in [-0.2, 0) is 10.0 Å². The van der Waals surface area contributed by atoms with Gasteiger partial charge in [0, 0.05) is 29.0 Å². The molecule has 0 unspecified atom stereocenters. The number of rotatable bonds is 5. The Morgan fingerprint density at radius 1 is 1.03 bits per heavy atom. The number of imidazole rings is 1. The third kappa shape index (κ3) is 4.35. The number of hydrogen-bond acceptors (Lipinski definition) is 5. The Kier molecular flexibility index (Phi) is 4.71. The summed E-state index contributed by atoms with van der Waals surface area (Å²) in [5, 5.41) is 1.92. The predicted octanol–water partition coefficient (Wildman–Crippen LogP) is 4.76.